The Morgan fingerprint density at radius 3 is 3.05 bits per heavy atom. The normalized spacial score (nSPS) is 37.5. The standard InChI is InChI=1S/C13H14O4S2/c1-8-6-9(10(7-14)16-8)17-13-18-11-4-2-3-5-12(11)19(13)15/h1-5,8-10,13-14H,6-7H2/t8-,9+,10+,13?,19?/m0/s1. The maximum atomic E-state index is 12.3. The first-order valence-electron chi connectivity index (χ1n) is 6.02. The molecule has 5 atom stereocenters. The number of hydrogen-bond acceptors (Lipinski definition) is 5. The van der Waals surface area contributed by atoms with E-state index >= 15 is 0 Å². The van der Waals surface area contributed by atoms with Gasteiger partial charge in [0.05, 0.1) is 34.5 Å². The van der Waals surface area contributed by atoms with Crippen LogP contribution in [-0.2, 0) is 20.3 Å². The number of rotatable bonds is 3. The number of fused-ring (bicyclic) bond motifs is 1. The molecule has 2 radical (unpaired) electrons. The summed E-state index contributed by atoms with van der Waals surface area (Å²) in [5.74, 6) is 0. The first kappa shape index (κ1) is 13.6. The van der Waals surface area contributed by atoms with Crippen LogP contribution in [0.25, 0.3) is 0 Å². The van der Waals surface area contributed by atoms with Gasteiger partial charge in [0.1, 0.15) is 6.10 Å². The molecule has 2 aliphatic heterocycles. The molecule has 2 unspecified atom stereocenters. The minimum Gasteiger partial charge on any atom is -0.394 e. The van der Waals surface area contributed by atoms with Crippen LogP contribution in [0.1, 0.15) is 6.42 Å². The molecule has 4 nitrogen and oxygen atoms in total. The van der Waals surface area contributed by atoms with E-state index in [1.54, 1.807) is 0 Å². The minimum atomic E-state index is -1.20. The van der Waals surface area contributed by atoms with Gasteiger partial charge in [-0.05, 0) is 19.1 Å². The van der Waals surface area contributed by atoms with Gasteiger partial charge in [-0.25, -0.2) is 0 Å². The van der Waals surface area contributed by atoms with Gasteiger partial charge in [-0.3, -0.25) is 4.21 Å². The third-order valence-electron chi connectivity index (χ3n) is 3.16. The highest BCUT2D eigenvalue weighted by molar-refractivity contribution is 8.13. The molecule has 0 saturated carbocycles. The summed E-state index contributed by atoms with van der Waals surface area (Å²) in [5.41, 5.74) is 0. The monoisotopic (exact) mass is 298 g/mol. The van der Waals surface area contributed by atoms with Gasteiger partial charge in [-0.1, -0.05) is 23.9 Å². The lowest BCUT2D eigenvalue weighted by Crippen LogP contribution is -2.31. The summed E-state index contributed by atoms with van der Waals surface area (Å²) in [5, 5.41) is 9.22. The second-order valence-corrected chi connectivity index (χ2v) is 7.32. The van der Waals surface area contributed by atoms with Crippen molar-refractivity contribution in [2.75, 3.05) is 6.61 Å². The summed E-state index contributed by atoms with van der Waals surface area (Å²) in [6.45, 7) is 5.54. The zero-order chi connectivity index (χ0) is 13.4. The number of aliphatic hydroxyl groups is 1. The minimum absolute atomic E-state index is 0.144. The molecule has 2 aliphatic rings. The molecule has 1 aromatic rings. The van der Waals surface area contributed by atoms with Crippen molar-refractivity contribution in [1.82, 2.24) is 0 Å². The molecule has 102 valence electrons. The molecule has 1 fully saturated rings. The molecule has 0 amide bonds. The van der Waals surface area contributed by atoms with Crippen molar-refractivity contribution < 1.29 is 18.8 Å². The van der Waals surface area contributed by atoms with E-state index < -0.39 is 27.8 Å². The Balaban J connectivity index is 1.71. The Hall–Kier alpha value is -0.400. The van der Waals surface area contributed by atoms with E-state index in [1.807, 2.05) is 24.3 Å². The van der Waals surface area contributed by atoms with Crippen LogP contribution >= 0.6 is 11.8 Å². The molecule has 0 aliphatic carbocycles. The average Bonchev–Trinajstić information content (AvgIpc) is 2.92. The highest BCUT2D eigenvalue weighted by Crippen LogP contribution is 2.42. The molecule has 1 aromatic carbocycles. The van der Waals surface area contributed by atoms with Crippen LogP contribution in [-0.4, -0.2) is 39.0 Å². The molecule has 0 aromatic heterocycles. The van der Waals surface area contributed by atoms with E-state index in [4.69, 9.17) is 16.4 Å². The Morgan fingerprint density at radius 1 is 1.53 bits per heavy atom. The highest BCUT2D eigenvalue weighted by atomic mass is 32.2. The summed E-state index contributed by atoms with van der Waals surface area (Å²) in [6.07, 6.45) is -0.660. The van der Waals surface area contributed by atoms with Gasteiger partial charge in [-0.15, -0.1) is 0 Å². The fourth-order valence-corrected chi connectivity index (χ4v) is 5.28. The molecular formula is C13H14O4S2. The zero-order valence-corrected chi connectivity index (χ0v) is 11.7. The predicted molar refractivity (Wildman–Crippen MR) is 72.0 cm³/mol. The third-order valence-corrected chi connectivity index (χ3v) is 6.26. The fourth-order valence-electron chi connectivity index (χ4n) is 2.24. The van der Waals surface area contributed by atoms with Crippen LogP contribution in [0, 0.1) is 6.92 Å². The second-order valence-electron chi connectivity index (χ2n) is 4.46. The van der Waals surface area contributed by atoms with E-state index in [1.165, 1.54) is 11.8 Å². The number of hydrogen-bond donors (Lipinski definition) is 1. The van der Waals surface area contributed by atoms with E-state index in [-0.39, 0.29) is 12.7 Å². The summed E-state index contributed by atoms with van der Waals surface area (Å²) >= 11 is 1.44. The molecule has 3 rings (SSSR count). The van der Waals surface area contributed by atoms with Crippen LogP contribution in [0.15, 0.2) is 34.1 Å². The van der Waals surface area contributed by atoms with Gasteiger partial charge in [0.15, 0.2) is 4.77 Å². The number of ether oxygens (including phenoxy) is 2. The SMILES string of the molecule is [CH][C@H]1C[C@@H](OC2Sc3ccccc3S2=O)[C@@H](CO)O1. The van der Waals surface area contributed by atoms with Gasteiger partial charge >= 0.3 is 0 Å². The summed E-state index contributed by atoms with van der Waals surface area (Å²) in [4.78, 5) is 1.79. The Morgan fingerprint density at radius 2 is 2.32 bits per heavy atom. The highest BCUT2D eigenvalue weighted by Gasteiger charge is 2.39. The summed E-state index contributed by atoms with van der Waals surface area (Å²) < 4.78 is 23.0. The lowest BCUT2D eigenvalue weighted by Gasteiger charge is -2.19. The third kappa shape index (κ3) is 2.60. The van der Waals surface area contributed by atoms with Crippen LogP contribution in [0.2, 0.25) is 0 Å². The van der Waals surface area contributed by atoms with Gasteiger partial charge in [0.25, 0.3) is 0 Å². The van der Waals surface area contributed by atoms with E-state index in [9.17, 15) is 9.32 Å². The lowest BCUT2D eigenvalue weighted by atomic mass is 10.1. The Labute approximate surface area is 118 Å². The average molecular weight is 298 g/mol. The summed E-state index contributed by atoms with van der Waals surface area (Å²) in [7, 11) is -1.20. The molecular weight excluding hydrogens is 284 g/mol. The van der Waals surface area contributed by atoms with Crippen molar-refractivity contribution in [3.63, 3.8) is 0 Å². The Kier molecular flexibility index (Phi) is 3.96. The van der Waals surface area contributed by atoms with Gasteiger partial charge < -0.3 is 14.6 Å². The van der Waals surface area contributed by atoms with E-state index in [0.717, 1.165) is 9.79 Å². The summed E-state index contributed by atoms with van der Waals surface area (Å²) in [6, 6.07) is 7.56. The maximum absolute atomic E-state index is 12.3. The molecule has 2 heterocycles. The van der Waals surface area contributed by atoms with Crippen molar-refractivity contribution in [1.29, 1.82) is 0 Å². The maximum Gasteiger partial charge on any atom is 0.188 e. The van der Waals surface area contributed by atoms with Crippen molar-refractivity contribution >= 4 is 22.6 Å². The Bertz CT molecular complexity index is 493. The predicted octanol–water partition coefficient (Wildman–Crippen LogP) is 1.43. The van der Waals surface area contributed by atoms with Crippen LogP contribution < -0.4 is 0 Å². The van der Waals surface area contributed by atoms with Crippen molar-refractivity contribution in [2.45, 2.75) is 39.3 Å². The molecule has 1 saturated heterocycles. The lowest BCUT2D eigenvalue weighted by molar-refractivity contribution is -0.0348. The van der Waals surface area contributed by atoms with Gasteiger partial charge in [0.2, 0.25) is 0 Å². The number of benzene rings is 1. The van der Waals surface area contributed by atoms with Crippen molar-refractivity contribution in [2.24, 2.45) is 0 Å². The van der Waals surface area contributed by atoms with Gasteiger partial charge in [0, 0.05) is 11.3 Å². The van der Waals surface area contributed by atoms with Crippen LogP contribution in [0.3, 0.4) is 0 Å². The van der Waals surface area contributed by atoms with Gasteiger partial charge in [-0.2, -0.15) is 0 Å². The number of aliphatic hydroxyl groups excluding tert-OH is 1. The van der Waals surface area contributed by atoms with Crippen LogP contribution in [0.4, 0.5) is 0 Å². The topological polar surface area (TPSA) is 55.8 Å². The molecule has 0 bridgehead atoms. The first-order valence-corrected chi connectivity index (χ1v) is 8.12. The van der Waals surface area contributed by atoms with Crippen molar-refractivity contribution in [3.8, 4) is 0 Å². The zero-order valence-electron chi connectivity index (χ0n) is 10.1. The van der Waals surface area contributed by atoms with Crippen LogP contribution in [0.5, 0.6) is 0 Å². The fraction of sp³-hybridized carbons (Fsp3) is 0.462. The first-order chi connectivity index (χ1) is 9.19. The molecule has 6 heteroatoms. The largest absolute Gasteiger partial charge is 0.394 e. The van der Waals surface area contributed by atoms with E-state index in [2.05, 4.69) is 0 Å². The quantitative estimate of drug-likeness (QED) is 0.915. The van der Waals surface area contributed by atoms with E-state index in [0.29, 0.717) is 6.42 Å². The smallest absolute Gasteiger partial charge is 0.188 e. The molecule has 0 spiro atoms. The number of thioether (sulfide) groups is 1. The molecule has 19 heavy (non-hydrogen) atoms. The van der Waals surface area contributed by atoms with Crippen molar-refractivity contribution in [3.05, 3.63) is 31.2 Å². The molecule has 1 N–H and O–H groups in total. The second kappa shape index (κ2) is 5.54.